The fourth-order valence-corrected chi connectivity index (χ4v) is 6.06. The van der Waals surface area contributed by atoms with Crippen LogP contribution < -0.4 is 8.35 Å². The second kappa shape index (κ2) is 12.6. The van der Waals surface area contributed by atoms with E-state index in [0.29, 0.717) is 11.0 Å². The van der Waals surface area contributed by atoms with Gasteiger partial charge >= 0.3 is 147 Å². The summed E-state index contributed by atoms with van der Waals surface area (Å²) in [5.41, 5.74) is 0. The van der Waals surface area contributed by atoms with Crippen LogP contribution in [0, 0.1) is 0 Å². The van der Waals surface area contributed by atoms with E-state index >= 15 is 0 Å². The third-order valence-corrected chi connectivity index (χ3v) is 9.13. The van der Waals surface area contributed by atoms with E-state index in [1.165, 1.54) is 29.3 Å². The minimum atomic E-state index is -0.359. The first-order valence-electron chi connectivity index (χ1n) is 7.50. The molecule has 0 bridgehead atoms. The van der Waals surface area contributed by atoms with Crippen molar-refractivity contribution >= 4 is 48.8 Å². The van der Waals surface area contributed by atoms with Crippen LogP contribution in [0.5, 0.6) is 5.75 Å². The molecule has 0 fully saturated rings. The number of hydrogen-bond donors (Lipinski definition) is 0. The summed E-state index contributed by atoms with van der Waals surface area (Å²) < 4.78 is 13.1. The zero-order valence-electron chi connectivity index (χ0n) is 12.8. The van der Waals surface area contributed by atoms with Crippen molar-refractivity contribution in [2.75, 3.05) is 13.2 Å². The maximum absolute atomic E-state index is 5.61. The molecule has 0 aromatic heterocycles. The number of hydrogen-bond acceptors (Lipinski definition) is 4. The quantitative estimate of drug-likeness (QED) is 0.306. The molecule has 0 saturated carbocycles. The number of ether oxygens (including phenoxy) is 2. The number of unbranched alkanes of at least 4 members (excludes halogenated alkanes) is 4. The molecular formula is C16H24O2S2Te. The molecule has 5 heteroatoms. The van der Waals surface area contributed by atoms with Gasteiger partial charge in [-0.05, 0) is 0 Å². The van der Waals surface area contributed by atoms with E-state index in [1.807, 2.05) is 19.1 Å². The summed E-state index contributed by atoms with van der Waals surface area (Å²) in [6, 6.07) is 8.32. The van der Waals surface area contributed by atoms with Gasteiger partial charge in [0.25, 0.3) is 0 Å². The summed E-state index contributed by atoms with van der Waals surface area (Å²) in [5.74, 6) is 0.935. The van der Waals surface area contributed by atoms with Crippen LogP contribution in [0.15, 0.2) is 24.3 Å². The molecule has 0 aliphatic rings. The summed E-state index contributed by atoms with van der Waals surface area (Å²) in [6.45, 7) is 5.70. The van der Waals surface area contributed by atoms with Crippen molar-refractivity contribution in [2.45, 2.75) is 46.0 Å². The fourth-order valence-electron chi connectivity index (χ4n) is 1.73. The molecule has 0 unspecified atom stereocenters. The van der Waals surface area contributed by atoms with Crippen LogP contribution in [0.3, 0.4) is 0 Å². The molecule has 118 valence electrons. The Morgan fingerprint density at radius 3 is 2.48 bits per heavy atom. The van der Waals surface area contributed by atoms with Crippen molar-refractivity contribution in [2.24, 2.45) is 0 Å². The Balaban J connectivity index is 2.12. The van der Waals surface area contributed by atoms with Crippen LogP contribution in [-0.4, -0.2) is 37.1 Å². The van der Waals surface area contributed by atoms with Crippen molar-refractivity contribution in [1.82, 2.24) is 0 Å². The zero-order chi connectivity index (χ0) is 15.3. The zero-order valence-corrected chi connectivity index (χ0v) is 16.8. The van der Waals surface area contributed by atoms with Gasteiger partial charge in [-0.15, -0.1) is 0 Å². The number of thiocarbonyl (C=S) groups is 1. The summed E-state index contributed by atoms with van der Waals surface area (Å²) >= 11 is 4.91. The Bertz CT molecular complexity index is 396. The molecule has 0 heterocycles. The molecule has 1 rings (SSSR count). The van der Waals surface area contributed by atoms with Crippen molar-refractivity contribution in [3.05, 3.63) is 24.3 Å². The van der Waals surface area contributed by atoms with E-state index in [1.54, 1.807) is 8.99 Å². The molecule has 0 aliphatic heterocycles. The van der Waals surface area contributed by atoms with Gasteiger partial charge in [0, 0.05) is 0 Å². The topological polar surface area (TPSA) is 18.5 Å². The predicted molar refractivity (Wildman–Crippen MR) is 97.9 cm³/mol. The average Bonchev–Trinajstić information content (AvgIpc) is 2.50. The summed E-state index contributed by atoms with van der Waals surface area (Å²) in [7, 11) is 1.72. The van der Waals surface area contributed by atoms with Crippen molar-refractivity contribution < 1.29 is 9.47 Å². The molecule has 0 N–H and O–H groups in total. The first-order chi connectivity index (χ1) is 10.3. The van der Waals surface area contributed by atoms with E-state index in [9.17, 15) is 0 Å². The third-order valence-electron chi connectivity index (χ3n) is 2.81. The van der Waals surface area contributed by atoms with Gasteiger partial charge < -0.3 is 0 Å². The summed E-state index contributed by atoms with van der Waals surface area (Å²) in [4.78, 5) is 0. The average molecular weight is 440 g/mol. The third kappa shape index (κ3) is 9.63. The molecule has 1 aromatic carbocycles. The van der Waals surface area contributed by atoms with Crippen LogP contribution in [0.1, 0.15) is 46.0 Å². The van der Waals surface area contributed by atoms with Gasteiger partial charge in [0.05, 0.1) is 0 Å². The molecule has 2 nitrogen and oxygen atoms in total. The molecule has 0 spiro atoms. The van der Waals surface area contributed by atoms with Gasteiger partial charge in [-0.3, -0.25) is 0 Å². The normalized spacial score (nSPS) is 10.4. The minimum absolute atomic E-state index is 0.359. The first-order valence-corrected chi connectivity index (χ1v) is 12.7. The molecule has 0 radical (unpaired) electrons. The molecule has 1 aromatic rings. The standard InChI is InChI=1S/C16H24O2S2Te/c1-3-5-6-7-8-13-18-16(19)20-21-15-11-9-14(10-12-15)17-4-2/h9-12H,3-8,13H2,1-2H3. The second-order valence-electron chi connectivity index (χ2n) is 4.58. The second-order valence-corrected chi connectivity index (χ2v) is 10.1. The number of benzene rings is 1. The summed E-state index contributed by atoms with van der Waals surface area (Å²) in [5, 5.41) is 0. The molecule has 0 aliphatic carbocycles. The molecule has 0 amide bonds. The monoisotopic (exact) mass is 442 g/mol. The molecule has 0 atom stereocenters. The van der Waals surface area contributed by atoms with Crippen LogP contribution in [0.25, 0.3) is 0 Å². The van der Waals surface area contributed by atoms with Crippen molar-refractivity contribution in [1.29, 1.82) is 0 Å². The van der Waals surface area contributed by atoms with Crippen molar-refractivity contribution in [3.8, 4) is 5.75 Å². The first kappa shape index (κ1) is 19.1. The van der Waals surface area contributed by atoms with Gasteiger partial charge in [0.2, 0.25) is 0 Å². The fraction of sp³-hybridized carbons (Fsp3) is 0.562. The Hall–Kier alpha value is 0.0496. The van der Waals surface area contributed by atoms with Gasteiger partial charge in [-0.2, -0.15) is 0 Å². The SMILES string of the molecule is CCCCCCCOC(=S)S[Te]c1ccc(OCC)cc1. The Kier molecular flexibility index (Phi) is 11.4. The van der Waals surface area contributed by atoms with Crippen LogP contribution in [-0.2, 0) is 4.74 Å². The van der Waals surface area contributed by atoms with Crippen LogP contribution in [0.4, 0.5) is 0 Å². The summed E-state index contributed by atoms with van der Waals surface area (Å²) in [6.07, 6.45) is 6.27. The van der Waals surface area contributed by atoms with Gasteiger partial charge in [-0.25, -0.2) is 0 Å². The maximum atomic E-state index is 5.61. The van der Waals surface area contributed by atoms with E-state index < -0.39 is 0 Å². The van der Waals surface area contributed by atoms with E-state index in [-0.39, 0.29) is 19.5 Å². The molecule has 21 heavy (non-hydrogen) atoms. The Labute approximate surface area is 146 Å². The van der Waals surface area contributed by atoms with Crippen LogP contribution in [0.2, 0.25) is 0 Å². The molecule has 0 saturated heterocycles. The number of rotatable bonds is 10. The Morgan fingerprint density at radius 2 is 1.81 bits per heavy atom. The molecular weight excluding hydrogens is 416 g/mol. The van der Waals surface area contributed by atoms with E-state index in [0.717, 1.165) is 18.8 Å². The van der Waals surface area contributed by atoms with Gasteiger partial charge in [-0.1, -0.05) is 0 Å². The Morgan fingerprint density at radius 1 is 1.10 bits per heavy atom. The van der Waals surface area contributed by atoms with Crippen molar-refractivity contribution in [3.63, 3.8) is 0 Å². The van der Waals surface area contributed by atoms with E-state index in [2.05, 4.69) is 19.1 Å². The van der Waals surface area contributed by atoms with Gasteiger partial charge in [0.1, 0.15) is 0 Å². The van der Waals surface area contributed by atoms with Gasteiger partial charge in [0.15, 0.2) is 0 Å². The van der Waals surface area contributed by atoms with Crippen LogP contribution >= 0.6 is 21.2 Å². The predicted octanol–water partition coefficient (Wildman–Crippen LogP) is 4.33. The van der Waals surface area contributed by atoms with E-state index in [4.69, 9.17) is 21.7 Å².